The normalized spacial score (nSPS) is 16.1. The van der Waals surface area contributed by atoms with Gasteiger partial charge in [-0.2, -0.15) is 4.31 Å². The van der Waals surface area contributed by atoms with Crippen LogP contribution in [0.2, 0.25) is 0 Å². The van der Waals surface area contributed by atoms with Crippen LogP contribution in [0, 0.1) is 5.92 Å². The minimum atomic E-state index is -3.49. The molecular weight excluding hydrogens is 404 g/mol. The first-order chi connectivity index (χ1) is 14.0. The third-order valence-corrected chi connectivity index (χ3v) is 7.41. The summed E-state index contributed by atoms with van der Waals surface area (Å²) in [5.74, 6) is -0.0744. The van der Waals surface area contributed by atoms with Gasteiger partial charge in [0.1, 0.15) is 0 Å². The Hall–Kier alpha value is -2.22. The molecule has 2 aromatic rings. The fourth-order valence-electron chi connectivity index (χ4n) is 3.41. The van der Waals surface area contributed by atoms with Gasteiger partial charge < -0.3 is 4.90 Å². The summed E-state index contributed by atoms with van der Waals surface area (Å²) in [6.07, 6.45) is 4.42. The molecule has 0 atom stereocenters. The zero-order valence-corrected chi connectivity index (χ0v) is 17.9. The van der Waals surface area contributed by atoms with Crippen molar-refractivity contribution < 1.29 is 13.2 Å². The number of carbonyl (C=O) groups excluding carboxylic acids is 1. The zero-order chi connectivity index (χ0) is 20.7. The fourth-order valence-corrected chi connectivity index (χ4v) is 5.35. The van der Waals surface area contributed by atoms with Crippen molar-refractivity contribution >= 4 is 33.3 Å². The molecule has 29 heavy (non-hydrogen) atoms. The third kappa shape index (κ3) is 5.88. The topological polar surface area (TPSA) is 57.7 Å². The van der Waals surface area contributed by atoms with E-state index in [-0.39, 0.29) is 11.8 Å². The second-order valence-corrected chi connectivity index (χ2v) is 9.87. The Morgan fingerprint density at radius 2 is 1.90 bits per heavy atom. The average molecular weight is 431 g/mol. The van der Waals surface area contributed by atoms with Crippen LogP contribution in [0.3, 0.4) is 0 Å². The van der Waals surface area contributed by atoms with Gasteiger partial charge in [-0.15, -0.1) is 17.9 Å². The Bertz CT molecular complexity index is 930. The number of piperidine rings is 1. The summed E-state index contributed by atoms with van der Waals surface area (Å²) in [6.45, 7) is 5.55. The molecule has 0 unspecified atom stereocenters. The van der Waals surface area contributed by atoms with Crippen LogP contribution in [0.4, 0.5) is 0 Å². The van der Waals surface area contributed by atoms with Gasteiger partial charge in [-0.05, 0) is 35.9 Å². The molecule has 1 aliphatic rings. The number of thiophene rings is 1. The van der Waals surface area contributed by atoms with Crippen molar-refractivity contribution in [3.05, 3.63) is 76.3 Å². The van der Waals surface area contributed by atoms with Crippen LogP contribution in [0.5, 0.6) is 0 Å². The lowest BCUT2D eigenvalue weighted by Crippen LogP contribution is -2.43. The Kier molecular flexibility index (Phi) is 7.41. The smallest absolute Gasteiger partial charge is 0.236 e. The maximum absolute atomic E-state index is 13.0. The first-order valence-electron chi connectivity index (χ1n) is 9.65. The summed E-state index contributed by atoms with van der Waals surface area (Å²) in [5, 5.41) is 3.25. The van der Waals surface area contributed by atoms with Gasteiger partial charge in [0.25, 0.3) is 0 Å². The van der Waals surface area contributed by atoms with Gasteiger partial charge in [0.05, 0.1) is 6.54 Å². The van der Waals surface area contributed by atoms with Gasteiger partial charge in [0.2, 0.25) is 15.9 Å². The number of benzene rings is 1. The Balaban J connectivity index is 1.59. The van der Waals surface area contributed by atoms with E-state index in [4.69, 9.17) is 0 Å². The predicted octanol–water partition coefficient (Wildman–Crippen LogP) is 3.98. The summed E-state index contributed by atoms with van der Waals surface area (Å²) in [4.78, 5) is 15.9. The molecule has 7 heteroatoms. The first kappa shape index (κ1) is 21.5. The Labute approximate surface area is 177 Å². The lowest BCUT2D eigenvalue weighted by molar-refractivity contribution is -0.136. The molecule has 1 aliphatic heterocycles. The molecule has 1 aromatic carbocycles. The van der Waals surface area contributed by atoms with E-state index in [1.54, 1.807) is 23.5 Å². The van der Waals surface area contributed by atoms with Gasteiger partial charge >= 0.3 is 0 Å². The van der Waals surface area contributed by atoms with E-state index >= 15 is 0 Å². The third-order valence-electron chi connectivity index (χ3n) is 4.98. The molecule has 1 saturated heterocycles. The molecule has 154 valence electrons. The molecule has 0 N–H and O–H groups in total. The lowest BCUT2D eigenvalue weighted by atomic mass is 9.96. The number of rotatable bonds is 8. The van der Waals surface area contributed by atoms with Crippen LogP contribution in [-0.2, 0) is 21.4 Å². The van der Waals surface area contributed by atoms with E-state index in [1.807, 2.05) is 52.7 Å². The molecule has 2 heterocycles. The second kappa shape index (κ2) is 10.0. The van der Waals surface area contributed by atoms with Gasteiger partial charge in [-0.25, -0.2) is 8.42 Å². The Morgan fingerprint density at radius 3 is 2.52 bits per heavy atom. The second-order valence-electron chi connectivity index (χ2n) is 7.02. The van der Waals surface area contributed by atoms with Crippen LogP contribution in [0.15, 0.2) is 65.9 Å². The van der Waals surface area contributed by atoms with Crippen LogP contribution in [0.1, 0.15) is 23.3 Å². The summed E-state index contributed by atoms with van der Waals surface area (Å²) in [5.41, 5.74) is 0.842. The quantitative estimate of drug-likeness (QED) is 0.596. The van der Waals surface area contributed by atoms with E-state index < -0.39 is 10.0 Å². The standard InChI is InChI=1S/C22H26N2O3S2/c1-2-13-23(18-21-9-6-16-28-21)22(25)20-10-14-24(15-11-20)29(26,27)17-12-19-7-4-3-5-8-19/h2-9,12,16-17,20H,1,10-11,13-15,18H2/b17-12+. The molecule has 3 rings (SSSR count). The zero-order valence-electron chi connectivity index (χ0n) is 16.3. The number of hydrogen-bond acceptors (Lipinski definition) is 4. The minimum absolute atomic E-state index is 0.0789. The van der Waals surface area contributed by atoms with Gasteiger partial charge in [0, 0.05) is 35.8 Å². The van der Waals surface area contributed by atoms with Crippen molar-refractivity contribution in [1.82, 2.24) is 9.21 Å². The Morgan fingerprint density at radius 1 is 1.17 bits per heavy atom. The molecule has 0 bridgehead atoms. The number of sulfonamides is 1. The highest BCUT2D eigenvalue weighted by molar-refractivity contribution is 7.92. The molecule has 1 aromatic heterocycles. The van der Waals surface area contributed by atoms with Crippen molar-refractivity contribution in [2.45, 2.75) is 19.4 Å². The SMILES string of the molecule is C=CCN(Cc1cccs1)C(=O)C1CCN(S(=O)(=O)/C=C/c2ccccc2)CC1. The lowest BCUT2D eigenvalue weighted by Gasteiger charge is -2.32. The van der Waals surface area contributed by atoms with Crippen molar-refractivity contribution in [2.24, 2.45) is 5.92 Å². The van der Waals surface area contributed by atoms with Gasteiger partial charge in [-0.1, -0.05) is 42.5 Å². The van der Waals surface area contributed by atoms with Gasteiger partial charge in [-0.3, -0.25) is 4.79 Å². The summed E-state index contributed by atoms with van der Waals surface area (Å²) < 4.78 is 26.7. The van der Waals surface area contributed by atoms with Crippen LogP contribution in [-0.4, -0.2) is 43.2 Å². The highest BCUT2D eigenvalue weighted by atomic mass is 32.2. The molecule has 1 fully saturated rings. The van der Waals surface area contributed by atoms with Crippen molar-refractivity contribution in [1.29, 1.82) is 0 Å². The van der Waals surface area contributed by atoms with Crippen LogP contribution >= 0.6 is 11.3 Å². The van der Waals surface area contributed by atoms with E-state index in [2.05, 4.69) is 6.58 Å². The fraction of sp³-hybridized carbons (Fsp3) is 0.318. The number of carbonyl (C=O) groups is 1. The van der Waals surface area contributed by atoms with E-state index in [9.17, 15) is 13.2 Å². The highest BCUT2D eigenvalue weighted by Crippen LogP contribution is 2.24. The van der Waals surface area contributed by atoms with E-state index in [0.29, 0.717) is 39.0 Å². The molecular formula is C22H26N2O3S2. The molecule has 0 radical (unpaired) electrons. The first-order valence-corrected chi connectivity index (χ1v) is 12.0. The molecule has 0 spiro atoms. The summed E-state index contributed by atoms with van der Waals surface area (Å²) >= 11 is 1.63. The average Bonchev–Trinajstić information content (AvgIpc) is 3.26. The minimum Gasteiger partial charge on any atom is -0.334 e. The molecule has 0 aliphatic carbocycles. The van der Waals surface area contributed by atoms with Crippen LogP contribution in [0.25, 0.3) is 6.08 Å². The van der Waals surface area contributed by atoms with Gasteiger partial charge in [0.15, 0.2) is 0 Å². The van der Waals surface area contributed by atoms with E-state index in [1.165, 1.54) is 9.71 Å². The maximum Gasteiger partial charge on any atom is 0.236 e. The molecule has 1 amide bonds. The molecule has 5 nitrogen and oxygen atoms in total. The largest absolute Gasteiger partial charge is 0.334 e. The molecule has 0 saturated carbocycles. The van der Waals surface area contributed by atoms with Crippen molar-refractivity contribution in [2.75, 3.05) is 19.6 Å². The predicted molar refractivity (Wildman–Crippen MR) is 119 cm³/mol. The monoisotopic (exact) mass is 430 g/mol. The van der Waals surface area contributed by atoms with Crippen molar-refractivity contribution in [3.63, 3.8) is 0 Å². The number of nitrogens with zero attached hydrogens (tertiary/aromatic N) is 2. The maximum atomic E-state index is 13.0. The van der Waals surface area contributed by atoms with Crippen molar-refractivity contribution in [3.8, 4) is 0 Å². The number of amides is 1. The summed E-state index contributed by atoms with van der Waals surface area (Å²) in [7, 11) is -3.49. The summed E-state index contributed by atoms with van der Waals surface area (Å²) in [6, 6.07) is 13.3. The number of hydrogen-bond donors (Lipinski definition) is 0. The highest BCUT2D eigenvalue weighted by Gasteiger charge is 2.32. The van der Waals surface area contributed by atoms with E-state index in [0.717, 1.165) is 10.4 Å². The van der Waals surface area contributed by atoms with Crippen LogP contribution < -0.4 is 0 Å².